The predicted molar refractivity (Wildman–Crippen MR) is 76.1 cm³/mol. The number of benzene rings is 1. The van der Waals surface area contributed by atoms with Crippen molar-refractivity contribution in [3.8, 4) is 0 Å². The molecule has 1 aromatic carbocycles. The monoisotopic (exact) mass is 310 g/mol. The molecule has 4 heteroatoms. The number of amides is 1. The first kappa shape index (κ1) is 13.6. The van der Waals surface area contributed by atoms with E-state index in [9.17, 15) is 4.79 Å². The van der Waals surface area contributed by atoms with Gasteiger partial charge in [-0.25, -0.2) is 0 Å². The van der Waals surface area contributed by atoms with E-state index in [1.165, 1.54) is 19.3 Å². The molecule has 0 aromatic heterocycles. The molecule has 2 rings (SSSR count). The fourth-order valence-electron chi connectivity index (χ4n) is 2.54. The number of rotatable bonds is 4. The Labute approximate surface area is 116 Å². The summed E-state index contributed by atoms with van der Waals surface area (Å²) in [7, 11) is 0. The zero-order chi connectivity index (χ0) is 13.0. The molecular formula is C14H19BrN2O. The van der Waals surface area contributed by atoms with E-state index in [2.05, 4.69) is 21.2 Å². The summed E-state index contributed by atoms with van der Waals surface area (Å²) in [6, 6.07) is 7.75. The molecule has 1 aromatic rings. The molecule has 0 radical (unpaired) electrons. The highest BCUT2D eigenvalue weighted by atomic mass is 79.9. The van der Waals surface area contributed by atoms with Crippen LogP contribution in [0.15, 0.2) is 28.7 Å². The van der Waals surface area contributed by atoms with Crippen molar-refractivity contribution in [3.05, 3.63) is 34.3 Å². The average molecular weight is 311 g/mol. The Kier molecular flexibility index (Phi) is 4.78. The Balaban J connectivity index is 2.13. The molecule has 0 heterocycles. The van der Waals surface area contributed by atoms with Crippen LogP contribution in [0.25, 0.3) is 0 Å². The number of nitrogens with two attached hydrogens (primary N) is 1. The van der Waals surface area contributed by atoms with Gasteiger partial charge in [-0.3, -0.25) is 10.1 Å². The molecule has 0 aliphatic heterocycles. The van der Waals surface area contributed by atoms with Gasteiger partial charge in [0.15, 0.2) is 0 Å². The van der Waals surface area contributed by atoms with E-state index in [1.54, 1.807) is 0 Å². The molecule has 0 spiro atoms. The Bertz CT molecular complexity index is 416. The fraction of sp³-hybridized carbons (Fsp3) is 0.500. The van der Waals surface area contributed by atoms with E-state index in [0.717, 1.165) is 22.9 Å². The normalized spacial score (nSPS) is 18.5. The van der Waals surface area contributed by atoms with Gasteiger partial charge in [-0.2, -0.15) is 0 Å². The van der Waals surface area contributed by atoms with Crippen molar-refractivity contribution in [1.82, 2.24) is 5.32 Å². The largest absolute Gasteiger partial charge is 0.368 e. The topological polar surface area (TPSA) is 55.1 Å². The van der Waals surface area contributed by atoms with Crippen LogP contribution in [0.1, 0.15) is 43.7 Å². The van der Waals surface area contributed by atoms with Crippen molar-refractivity contribution >= 4 is 21.8 Å². The van der Waals surface area contributed by atoms with Gasteiger partial charge in [-0.05, 0) is 24.5 Å². The Morgan fingerprint density at radius 1 is 1.28 bits per heavy atom. The van der Waals surface area contributed by atoms with Crippen LogP contribution in [0, 0.1) is 0 Å². The zero-order valence-corrected chi connectivity index (χ0v) is 11.9. The first-order chi connectivity index (χ1) is 8.68. The van der Waals surface area contributed by atoms with E-state index < -0.39 is 6.04 Å². The predicted octanol–water partition coefficient (Wildman–Crippen LogP) is 2.90. The second-order valence-electron chi connectivity index (χ2n) is 4.86. The lowest BCUT2D eigenvalue weighted by Gasteiger charge is -2.27. The molecule has 1 aliphatic rings. The smallest absolute Gasteiger partial charge is 0.239 e. The van der Waals surface area contributed by atoms with Crippen molar-refractivity contribution in [1.29, 1.82) is 0 Å². The number of primary amides is 1. The quantitative estimate of drug-likeness (QED) is 0.898. The third kappa shape index (κ3) is 3.33. The molecule has 1 unspecified atom stereocenters. The highest BCUT2D eigenvalue weighted by Gasteiger charge is 2.24. The van der Waals surface area contributed by atoms with Crippen molar-refractivity contribution < 1.29 is 4.79 Å². The van der Waals surface area contributed by atoms with Crippen molar-refractivity contribution in [2.75, 3.05) is 0 Å². The minimum atomic E-state index is -0.399. The van der Waals surface area contributed by atoms with Gasteiger partial charge in [0.25, 0.3) is 0 Å². The molecule has 1 amide bonds. The van der Waals surface area contributed by atoms with Crippen LogP contribution < -0.4 is 11.1 Å². The zero-order valence-electron chi connectivity index (χ0n) is 10.4. The van der Waals surface area contributed by atoms with E-state index in [4.69, 9.17) is 5.73 Å². The van der Waals surface area contributed by atoms with Crippen molar-refractivity contribution in [2.45, 2.75) is 44.2 Å². The van der Waals surface area contributed by atoms with Gasteiger partial charge in [-0.1, -0.05) is 53.4 Å². The number of carbonyl (C=O) groups excluding carboxylic acids is 1. The minimum absolute atomic E-state index is 0.313. The van der Waals surface area contributed by atoms with E-state index >= 15 is 0 Å². The maximum Gasteiger partial charge on any atom is 0.239 e. The van der Waals surface area contributed by atoms with Gasteiger partial charge >= 0.3 is 0 Å². The van der Waals surface area contributed by atoms with Crippen LogP contribution in [0.4, 0.5) is 0 Å². The maximum atomic E-state index is 11.7. The Morgan fingerprint density at radius 2 is 1.94 bits per heavy atom. The molecule has 1 aliphatic carbocycles. The first-order valence-electron chi connectivity index (χ1n) is 6.48. The van der Waals surface area contributed by atoms with Gasteiger partial charge in [0, 0.05) is 10.5 Å². The maximum absolute atomic E-state index is 11.7. The number of carbonyl (C=O) groups is 1. The third-order valence-electron chi connectivity index (χ3n) is 3.51. The number of hydrogen-bond donors (Lipinski definition) is 2. The fourth-order valence-corrected chi connectivity index (χ4v) is 3.05. The summed E-state index contributed by atoms with van der Waals surface area (Å²) in [6.45, 7) is 0. The lowest BCUT2D eigenvalue weighted by atomic mass is 9.94. The highest BCUT2D eigenvalue weighted by molar-refractivity contribution is 9.10. The molecular weight excluding hydrogens is 292 g/mol. The molecule has 3 nitrogen and oxygen atoms in total. The summed E-state index contributed by atoms with van der Waals surface area (Å²) in [5, 5.41) is 3.41. The van der Waals surface area contributed by atoms with Crippen molar-refractivity contribution in [3.63, 3.8) is 0 Å². The summed E-state index contributed by atoms with van der Waals surface area (Å²) in [5.74, 6) is -0.313. The Morgan fingerprint density at radius 3 is 2.56 bits per heavy atom. The van der Waals surface area contributed by atoms with Crippen LogP contribution in [0.2, 0.25) is 0 Å². The molecule has 3 N–H and O–H groups in total. The summed E-state index contributed by atoms with van der Waals surface area (Å²) in [4.78, 5) is 11.7. The SMILES string of the molecule is NC(=O)C(NC1CCCCC1)c1ccccc1Br. The highest BCUT2D eigenvalue weighted by Crippen LogP contribution is 2.26. The molecule has 1 fully saturated rings. The molecule has 1 saturated carbocycles. The van der Waals surface area contributed by atoms with E-state index in [-0.39, 0.29) is 5.91 Å². The summed E-state index contributed by atoms with van der Waals surface area (Å²) < 4.78 is 0.928. The first-order valence-corrected chi connectivity index (χ1v) is 7.27. The molecule has 1 atom stereocenters. The second-order valence-corrected chi connectivity index (χ2v) is 5.71. The van der Waals surface area contributed by atoms with Gasteiger partial charge < -0.3 is 5.73 Å². The molecule has 98 valence electrons. The number of nitrogens with one attached hydrogen (secondary N) is 1. The molecule has 18 heavy (non-hydrogen) atoms. The van der Waals surface area contributed by atoms with Crippen LogP contribution in [0.3, 0.4) is 0 Å². The lowest BCUT2D eigenvalue weighted by Crippen LogP contribution is -2.41. The summed E-state index contributed by atoms with van der Waals surface area (Å²) >= 11 is 3.48. The second kappa shape index (κ2) is 6.34. The van der Waals surface area contributed by atoms with E-state index in [1.807, 2.05) is 24.3 Å². The van der Waals surface area contributed by atoms with Crippen LogP contribution >= 0.6 is 15.9 Å². The van der Waals surface area contributed by atoms with Gasteiger partial charge in [0.1, 0.15) is 6.04 Å². The van der Waals surface area contributed by atoms with Gasteiger partial charge in [0.2, 0.25) is 5.91 Å². The van der Waals surface area contributed by atoms with E-state index in [0.29, 0.717) is 6.04 Å². The third-order valence-corrected chi connectivity index (χ3v) is 4.23. The average Bonchev–Trinajstić information content (AvgIpc) is 2.38. The van der Waals surface area contributed by atoms with Crippen LogP contribution in [-0.4, -0.2) is 11.9 Å². The molecule has 0 bridgehead atoms. The van der Waals surface area contributed by atoms with Crippen LogP contribution in [-0.2, 0) is 4.79 Å². The Hall–Kier alpha value is -0.870. The minimum Gasteiger partial charge on any atom is -0.368 e. The summed E-state index contributed by atoms with van der Waals surface area (Å²) in [6.07, 6.45) is 6.04. The summed E-state index contributed by atoms with van der Waals surface area (Å²) in [5.41, 5.74) is 6.46. The number of hydrogen-bond acceptors (Lipinski definition) is 2. The van der Waals surface area contributed by atoms with Crippen molar-refractivity contribution in [2.24, 2.45) is 5.73 Å². The van der Waals surface area contributed by atoms with Gasteiger partial charge in [-0.15, -0.1) is 0 Å². The molecule has 0 saturated heterocycles. The standard InChI is InChI=1S/C14H19BrN2O/c15-12-9-5-4-8-11(12)13(14(16)18)17-10-6-2-1-3-7-10/h4-5,8-10,13,17H,1-3,6-7H2,(H2,16,18). The van der Waals surface area contributed by atoms with Crippen LogP contribution in [0.5, 0.6) is 0 Å². The lowest BCUT2D eigenvalue weighted by molar-refractivity contribution is -0.120. The number of halogens is 1. The van der Waals surface area contributed by atoms with Gasteiger partial charge in [0.05, 0.1) is 0 Å².